The van der Waals surface area contributed by atoms with Crippen LogP contribution in [0.25, 0.3) is 10.2 Å². The van der Waals surface area contributed by atoms with Crippen molar-refractivity contribution in [3.05, 3.63) is 48.5 Å². The molecule has 0 spiro atoms. The maximum atomic E-state index is 12.3. The first-order valence-electron chi connectivity index (χ1n) is 7.74. The van der Waals surface area contributed by atoms with Gasteiger partial charge in [-0.3, -0.25) is 9.52 Å². The molecule has 9 heteroatoms. The molecule has 26 heavy (non-hydrogen) atoms. The molecule has 0 aliphatic carbocycles. The molecule has 0 saturated carbocycles. The molecule has 0 saturated heterocycles. The molecule has 2 aromatic carbocycles. The topological polar surface area (TPSA) is 91.4 Å². The summed E-state index contributed by atoms with van der Waals surface area (Å²) in [5.74, 6) is -0.219. The standard InChI is InChI=1S/C17H18N4O3S2/c1-21(17-19-14-8-3-4-9-15(14)25-17)11-16(22)18-12-6-5-7-13(10-12)20-26(2,23)24/h3-10,20H,11H2,1-2H3,(H,18,22). The van der Waals surface area contributed by atoms with Gasteiger partial charge < -0.3 is 10.2 Å². The van der Waals surface area contributed by atoms with Crippen molar-refractivity contribution in [2.75, 3.05) is 34.8 Å². The van der Waals surface area contributed by atoms with Gasteiger partial charge >= 0.3 is 0 Å². The summed E-state index contributed by atoms with van der Waals surface area (Å²) in [5, 5.41) is 3.52. The highest BCUT2D eigenvalue weighted by Crippen LogP contribution is 2.27. The number of benzene rings is 2. The molecule has 2 N–H and O–H groups in total. The molecule has 136 valence electrons. The zero-order valence-electron chi connectivity index (χ0n) is 14.3. The number of fused-ring (bicyclic) bond motifs is 1. The molecule has 3 aromatic rings. The predicted octanol–water partition coefficient (Wildman–Crippen LogP) is 2.74. The number of rotatable bonds is 6. The van der Waals surface area contributed by atoms with Crippen LogP contribution in [0.1, 0.15) is 0 Å². The largest absolute Gasteiger partial charge is 0.342 e. The van der Waals surface area contributed by atoms with E-state index in [9.17, 15) is 13.2 Å². The van der Waals surface area contributed by atoms with Crippen molar-refractivity contribution < 1.29 is 13.2 Å². The second-order valence-corrected chi connectivity index (χ2v) is 8.58. The second kappa shape index (κ2) is 7.30. The van der Waals surface area contributed by atoms with Crippen LogP contribution in [0.3, 0.4) is 0 Å². The number of amides is 1. The molecule has 1 heterocycles. The highest BCUT2D eigenvalue weighted by molar-refractivity contribution is 7.92. The van der Waals surface area contributed by atoms with Crippen molar-refractivity contribution in [3.8, 4) is 0 Å². The number of likely N-dealkylation sites (N-methyl/N-ethyl adjacent to an activating group) is 1. The maximum absolute atomic E-state index is 12.3. The van der Waals surface area contributed by atoms with Gasteiger partial charge in [-0.05, 0) is 30.3 Å². The van der Waals surface area contributed by atoms with Crippen LogP contribution in [0, 0.1) is 0 Å². The number of hydrogen-bond donors (Lipinski definition) is 2. The zero-order chi connectivity index (χ0) is 18.7. The number of hydrogen-bond acceptors (Lipinski definition) is 6. The lowest BCUT2D eigenvalue weighted by molar-refractivity contribution is -0.114. The average molecular weight is 390 g/mol. The van der Waals surface area contributed by atoms with Crippen LogP contribution in [0.4, 0.5) is 16.5 Å². The molecule has 1 amide bonds. The fourth-order valence-electron chi connectivity index (χ4n) is 2.38. The van der Waals surface area contributed by atoms with E-state index >= 15 is 0 Å². The van der Waals surface area contributed by atoms with E-state index in [0.717, 1.165) is 21.6 Å². The van der Waals surface area contributed by atoms with Gasteiger partial charge in [0, 0.05) is 12.7 Å². The van der Waals surface area contributed by atoms with Gasteiger partial charge in [0.1, 0.15) is 0 Å². The van der Waals surface area contributed by atoms with E-state index in [4.69, 9.17) is 0 Å². The minimum Gasteiger partial charge on any atom is -0.342 e. The number of nitrogens with zero attached hydrogens (tertiary/aromatic N) is 2. The Morgan fingerprint density at radius 1 is 1.15 bits per heavy atom. The lowest BCUT2D eigenvalue weighted by Crippen LogP contribution is -2.29. The van der Waals surface area contributed by atoms with Crippen molar-refractivity contribution in [3.63, 3.8) is 0 Å². The number of carbonyl (C=O) groups excluding carboxylic acids is 1. The summed E-state index contributed by atoms with van der Waals surface area (Å²) in [4.78, 5) is 18.6. The Morgan fingerprint density at radius 2 is 1.88 bits per heavy atom. The lowest BCUT2D eigenvalue weighted by atomic mass is 10.3. The van der Waals surface area contributed by atoms with E-state index in [-0.39, 0.29) is 12.5 Å². The third kappa shape index (κ3) is 4.70. The summed E-state index contributed by atoms with van der Waals surface area (Å²) in [6.45, 7) is 0.129. The fraction of sp³-hybridized carbons (Fsp3) is 0.176. The molecule has 0 aliphatic heterocycles. The molecule has 3 rings (SSSR count). The molecule has 1 aromatic heterocycles. The van der Waals surface area contributed by atoms with E-state index in [0.29, 0.717) is 11.4 Å². The van der Waals surface area contributed by atoms with Crippen LogP contribution in [-0.2, 0) is 14.8 Å². The minimum absolute atomic E-state index is 0.129. The van der Waals surface area contributed by atoms with Gasteiger partial charge in [0.2, 0.25) is 15.9 Å². The minimum atomic E-state index is -3.37. The van der Waals surface area contributed by atoms with Crippen LogP contribution >= 0.6 is 11.3 Å². The number of aromatic nitrogens is 1. The van der Waals surface area contributed by atoms with Crippen molar-refractivity contribution in [2.24, 2.45) is 0 Å². The van der Waals surface area contributed by atoms with E-state index in [1.165, 1.54) is 11.3 Å². The Labute approximate surface area is 155 Å². The lowest BCUT2D eigenvalue weighted by Gasteiger charge is -2.15. The number of sulfonamides is 1. The van der Waals surface area contributed by atoms with Gasteiger partial charge in [-0.15, -0.1) is 0 Å². The Balaban J connectivity index is 1.65. The highest BCUT2D eigenvalue weighted by atomic mass is 32.2. The molecule has 0 atom stereocenters. The smallest absolute Gasteiger partial charge is 0.243 e. The van der Waals surface area contributed by atoms with Crippen LogP contribution in [0.5, 0.6) is 0 Å². The maximum Gasteiger partial charge on any atom is 0.243 e. The Hall–Kier alpha value is -2.65. The van der Waals surface area contributed by atoms with Crippen LogP contribution in [0.15, 0.2) is 48.5 Å². The number of nitrogens with one attached hydrogen (secondary N) is 2. The molecule has 7 nitrogen and oxygen atoms in total. The molecule has 0 aliphatic rings. The molecule has 0 bridgehead atoms. The summed E-state index contributed by atoms with van der Waals surface area (Å²) in [6.07, 6.45) is 1.07. The molecule has 0 radical (unpaired) electrons. The third-order valence-corrected chi connectivity index (χ3v) is 5.20. The van der Waals surface area contributed by atoms with Gasteiger partial charge in [0.05, 0.1) is 28.7 Å². The van der Waals surface area contributed by atoms with Crippen molar-refractivity contribution in [1.29, 1.82) is 0 Å². The van der Waals surface area contributed by atoms with Gasteiger partial charge in [-0.1, -0.05) is 29.5 Å². The van der Waals surface area contributed by atoms with E-state index in [1.807, 2.05) is 24.3 Å². The summed E-state index contributed by atoms with van der Waals surface area (Å²) < 4.78 is 26.0. The first kappa shape index (κ1) is 18.2. The van der Waals surface area contributed by atoms with Gasteiger partial charge in [-0.25, -0.2) is 13.4 Å². The SMILES string of the molecule is CN(CC(=O)Nc1cccc(NS(C)(=O)=O)c1)c1nc2ccccc2s1. The summed E-state index contributed by atoms with van der Waals surface area (Å²) >= 11 is 1.52. The number of thiazole rings is 1. The average Bonchev–Trinajstić information content (AvgIpc) is 2.97. The predicted molar refractivity (Wildman–Crippen MR) is 106 cm³/mol. The zero-order valence-corrected chi connectivity index (χ0v) is 15.9. The Kier molecular flexibility index (Phi) is 5.10. The quantitative estimate of drug-likeness (QED) is 0.675. The van der Waals surface area contributed by atoms with Gasteiger partial charge in [0.15, 0.2) is 5.13 Å². The number of para-hydroxylation sites is 1. The highest BCUT2D eigenvalue weighted by Gasteiger charge is 2.12. The van der Waals surface area contributed by atoms with Crippen LogP contribution in [-0.4, -0.2) is 39.2 Å². The first-order valence-corrected chi connectivity index (χ1v) is 10.5. The monoisotopic (exact) mass is 390 g/mol. The van der Waals surface area contributed by atoms with Crippen molar-refractivity contribution in [2.45, 2.75) is 0 Å². The van der Waals surface area contributed by atoms with E-state index in [1.54, 1.807) is 36.2 Å². The molecule has 0 fully saturated rings. The molecular weight excluding hydrogens is 372 g/mol. The second-order valence-electron chi connectivity index (χ2n) is 5.82. The molecule has 0 unspecified atom stereocenters. The van der Waals surface area contributed by atoms with E-state index < -0.39 is 10.0 Å². The van der Waals surface area contributed by atoms with E-state index in [2.05, 4.69) is 15.0 Å². The third-order valence-electron chi connectivity index (χ3n) is 3.44. The Bertz CT molecular complexity index is 1010. The van der Waals surface area contributed by atoms with Crippen LogP contribution in [0.2, 0.25) is 0 Å². The summed E-state index contributed by atoms with van der Waals surface area (Å²) in [7, 11) is -1.56. The van der Waals surface area contributed by atoms with Gasteiger partial charge in [0.25, 0.3) is 0 Å². The summed E-state index contributed by atoms with van der Waals surface area (Å²) in [6, 6.07) is 14.4. The summed E-state index contributed by atoms with van der Waals surface area (Å²) in [5.41, 5.74) is 1.81. The number of carbonyl (C=O) groups is 1. The van der Waals surface area contributed by atoms with Crippen molar-refractivity contribution in [1.82, 2.24) is 4.98 Å². The van der Waals surface area contributed by atoms with Crippen molar-refractivity contribution >= 4 is 54.0 Å². The van der Waals surface area contributed by atoms with Crippen LogP contribution < -0.4 is 14.9 Å². The fourth-order valence-corrected chi connectivity index (χ4v) is 3.86. The normalized spacial score (nSPS) is 11.3. The Morgan fingerprint density at radius 3 is 2.62 bits per heavy atom. The van der Waals surface area contributed by atoms with Gasteiger partial charge in [-0.2, -0.15) is 0 Å². The molecular formula is C17H18N4O3S2. The first-order chi connectivity index (χ1) is 12.3. The number of anilines is 3.